The van der Waals surface area contributed by atoms with Crippen LogP contribution in [0.1, 0.15) is 418 Å². The molecule has 6 heteroatoms. The molecule has 0 aliphatic rings. The van der Waals surface area contributed by atoms with Crippen molar-refractivity contribution in [2.75, 3.05) is 13.2 Å². The second kappa shape index (κ2) is 70.8. The third-order valence-electron chi connectivity index (χ3n) is 17.5. The van der Waals surface area contributed by atoms with Gasteiger partial charge in [0.1, 0.15) is 0 Å². The molecule has 0 aliphatic heterocycles. The van der Waals surface area contributed by atoms with E-state index >= 15 is 0 Å². The lowest BCUT2D eigenvalue weighted by molar-refractivity contribution is -0.143. The number of carbonyl (C=O) groups is 2. The number of esters is 1. The summed E-state index contributed by atoms with van der Waals surface area (Å²) in [5.74, 6) is -0.0206. The number of ether oxygens (including phenoxy) is 1. The van der Waals surface area contributed by atoms with Gasteiger partial charge in [-0.2, -0.15) is 0 Å². The van der Waals surface area contributed by atoms with Crippen molar-refractivity contribution < 1.29 is 24.5 Å². The van der Waals surface area contributed by atoms with Crippen molar-refractivity contribution in [1.29, 1.82) is 0 Å². The zero-order valence-electron chi connectivity index (χ0n) is 55.0. The number of hydrogen-bond donors (Lipinski definition) is 3. The number of amides is 1. The van der Waals surface area contributed by atoms with E-state index in [0.717, 1.165) is 44.9 Å². The first-order valence-corrected chi connectivity index (χ1v) is 37.1. The van der Waals surface area contributed by atoms with Gasteiger partial charge in [-0.05, 0) is 70.6 Å². The van der Waals surface area contributed by atoms with Gasteiger partial charge >= 0.3 is 5.97 Å². The Morgan fingerprint density at radius 3 is 0.914 bits per heavy atom. The first kappa shape index (κ1) is 79.3. The normalized spacial score (nSPS) is 12.6. The smallest absolute Gasteiger partial charge is 0.305 e. The largest absolute Gasteiger partial charge is 0.466 e. The Hall–Kier alpha value is -1.66. The van der Waals surface area contributed by atoms with Gasteiger partial charge in [0.05, 0.1) is 25.4 Å². The molecular formula is C75H145NO5. The Kier molecular flexibility index (Phi) is 69.4. The number of unbranched alkanes of at least 4 members (excludes halogenated alkanes) is 55. The minimum absolute atomic E-state index is 0.00724. The number of aliphatic hydroxyl groups is 2. The SMILES string of the molecule is CCCC/C=C\CCCCCCCC(=O)OCCCCCCCCCCCCCC/C=C\CCCCCCCCCCCCCCCCCC(=O)NC(CO)C(O)CCCCCCCCCCCCCCCCCCCCCCCC. The van der Waals surface area contributed by atoms with Gasteiger partial charge < -0.3 is 20.3 Å². The van der Waals surface area contributed by atoms with Crippen LogP contribution in [0.15, 0.2) is 24.3 Å². The topological polar surface area (TPSA) is 95.9 Å². The van der Waals surface area contributed by atoms with Crippen LogP contribution < -0.4 is 5.32 Å². The van der Waals surface area contributed by atoms with Gasteiger partial charge in [-0.3, -0.25) is 9.59 Å². The molecule has 0 heterocycles. The number of aliphatic hydroxyl groups excluding tert-OH is 2. The van der Waals surface area contributed by atoms with E-state index in [1.807, 2.05) is 0 Å². The van der Waals surface area contributed by atoms with E-state index < -0.39 is 12.1 Å². The number of hydrogen-bond acceptors (Lipinski definition) is 5. The average Bonchev–Trinajstić information content (AvgIpc) is 3.47. The molecule has 0 radical (unpaired) electrons. The van der Waals surface area contributed by atoms with Crippen LogP contribution in [0.25, 0.3) is 0 Å². The van der Waals surface area contributed by atoms with E-state index in [0.29, 0.717) is 25.9 Å². The summed E-state index contributed by atoms with van der Waals surface area (Å²) in [6, 6.07) is -0.541. The molecule has 0 rings (SSSR count). The highest BCUT2D eigenvalue weighted by atomic mass is 16.5. The Labute approximate surface area is 507 Å². The Morgan fingerprint density at radius 1 is 0.333 bits per heavy atom. The van der Waals surface area contributed by atoms with Gasteiger partial charge in [-0.15, -0.1) is 0 Å². The maximum Gasteiger partial charge on any atom is 0.305 e. The van der Waals surface area contributed by atoms with Crippen LogP contribution in [-0.2, 0) is 14.3 Å². The molecule has 0 fully saturated rings. The first-order valence-electron chi connectivity index (χ1n) is 37.1. The van der Waals surface area contributed by atoms with Gasteiger partial charge in [0.15, 0.2) is 0 Å². The van der Waals surface area contributed by atoms with E-state index in [9.17, 15) is 19.8 Å². The zero-order valence-corrected chi connectivity index (χ0v) is 55.0. The predicted octanol–water partition coefficient (Wildman–Crippen LogP) is 24.1. The molecule has 0 aromatic carbocycles. The monoisotopic (exact) mass is 1140 g/mol. The molecule has 0 aliphatic carbocycles. The highest BCUT2D eigenvalue weighted by Gasteiger charge is 2.20. The minimum atomic E-state index is -0.664. The number of allylic oxidation sites excluding steroid dienone is 4. The third kappa shape index (κ3) is 67.3. The third-order valence-corrected chi connectivity index (χ3v) is 17.5. The molecule has 2 atom stereocenters. The van der Waals surface area contributed by atoms with Crippen molar-refractivity contribution in [1.82, 2.24) is 5.32 Å². The van der Waals surface area contributed by atoms with Crippen molar-refractivity contribution in [2.45, 2.75) is 431 Å². The fourth-order valence-electron chi connectivity index (χ4n) is 11.8. The van der Waals surface area contributed by atoms with E-state index in [4.69, 9.17) is 4.74 Å². The Bertz CT molecular complexity index is 1270. The van der Waals surface area contributed by atoms with Crippen LogP contribution >= 0.6 is 0 Å². The van der Waals surface area contributed by atoms with E-state index in [-0.39, 0.29) is 18.5 Å². The lowest BCUT2D eigenvalue weighted by Crippen LogP contribution is -2.45. The van der Waals surface area contributed by atoms with E-state index in [1.165, 1.54) is 340 Å². The highest BCUT2D eigenvalue weighted by Crippen LogP contribution is 2.19. The molecule has 1 amide bonds. The van der Waals surface area contributed by atoms with Crippen LogP contribution in [0.3, 0.4) is 0 Å². The van der Waals surface area contributed by atoms with Crippen molar-refractivity contribution in [2.24, 2.45) is 0 Å². The zero-order chi connectivity index (χ0) is 58.5. The van der Waals surface area contributed by atoms with Crippen LogP contribution in [0.4, 0.5) is 0 Å². The van der Waals surface area contributed by atoms with Gasteiger partial charge in [-0.25, -0.2) is 0 Å². The molecule has 0 aromatic rings. The average molecular weight is 1140 g/mol. The second-order valence-electron chi connectivity index (χ2n) is 25.6. The predicted molar refractivity (Wildman–Crippen MR) is 356 cm³/mol. The molecule has 0 bridgehead atoms. The maximum absolute atomic E-state index is 12.6. The molecule has 0 saturated carbocycles. The minimum Gasteiger partial charge on any atom is -0.466 e. The fourth-order valence-corrected chi connectivity index (χ4v) is 11.8. The molecule has 81 heavy (non-hydrogen) atoms. The second-order valence-corrected chi connectivity index (χ2v) is 25.6. The Balaban J connectivity index is 3.37. The summed E-state index contributed by atoms with van der Waals surface area (Å²) in [5, 5.41) is 23.4. The first-order chi connectivity index (χ1) is 40.0. The molecular weight excluding hydrogens is 995 g/mol. The van der Waals surface area contributed by atoms with Crippen molar-refractivity contribution >= 4 is 11.9 Å². The fraction of sp³-hybridized carbons (Fsp3) is 0.920. The summed E-state index contributed by atoms with van der Waals surface area (Å²) in [6.07, 6.45) is 89.6. The van der Waals surface area contributed by atoms with Crippen LogP contribution in [0.2, 0.25) is 0 Å². The number of nitrogens with one attached hydrogen (secondary N) is 1. The summed E-state index contributed by atoms with van der Waals surface area (Å²) < 4.78 is 5.47. The number of rotatable bonds is 70. The van der Waals surface area contributed by atoms with Gasteiger partial charge in [0.25, 0.3) is 0 Å². The van der Waals surface area contributed by atoms with Crippen molar-refractivity contribution in [3.8, 4) is 0 Å². The number of carbonyl (C=O) groups excluding carboxylic acids is 2. The quantitative estimate of drug-likeness (QED) is 0.0320. The van der Waals surface area contributed by atoms with Gasteiger partial charge in [0, 0.05) is 12.8 Å². The molecule has 0 aromatic heterocycles. The Morgan fingerprint density at radius 2 is 0.593 bits per heavy atom. The molecule has 3 N–H and O–H groups in total. The van der Waals surface area contributed by atoms with Crippen molar-refractivity contribution in [3.05, 3.63) is 24.3 Å². The summed E-state index contributed by atoms with van der Waals surface area (Å²) in [7, 11) is 0. The highest BCUT2D eigenvalue weighted by molar-refractivity contribution is 5.76. The summed E-state index contributed by atoms with van der Waals surface area (Å²) in [4.78, 5) is 24.6. The summed E-state index contributed by atoms with van der Waals surface area (Å²) in [5.41, 5.74) is 0. The summed E-state index contributed by atoms with van der Waals surface area (Å²) >= 11 is 0. The van der Waals surface area contributed by atoms with Crippen LogP contribution in [0.5, 0.6) is 0 Å². The van der Waals surface area contributed by atoms with Crippen LogP contribution in [-0.4, -0.2) is 47.4 Å². The van der Waals surface area contributed by atoms with E-state index in [1.54, 1.807) is 0 Å². The molecule has 2 unspecified atom stereocenters. The van der Waals surface area contributed by atoms with E-state index in [2.05, 4.69) is 43.5 Å². The summed E-state index contributed by atoms with van der Waals surface area (Å²) in [6.45, 7) is 4.96. The maximum atomic E-state index is 12.6. The lowest BCUT2D eigenvalue weighted by Gasteiger charge is -2.22. The van der Waals surface area contributed by atoms with Crippen molar-refractivity contribution in [3.63, 3.8) is 0 Å². The van der Waals surface area contributed by atoms with Gasteiger partial charge in [0.2, 0.25) is 5.91 Å². The van der Waals surface area contributed by atoms with Gasteiger partial charge in [-0.1, -0.05) is 359 Å². The molecule has 0 spiro atoms. The standard InChI is InChI=1S/C75H145NO5/c1-3-5-7-9-11-13-15-16-17-18-19-20-32-35-38-41-44-48-51-55-59-63-67-73(78)72(71-77)76-74(79)68-64-60-56-52-49-45-42-39-36-33-30-28-26-24-22-21-23-25-27-29-31-34-37-40-43-46-50-54-58-62-66-70-81-75(80)69-65-61-57-53-47-14-12-10-8-6-4-2/h10,12,23,25,72-73,77-78H,3-9,11,13-22,24,26-71H2,1-2H3,(H,76,79)/b12-10-,25-23-. The molecule has 6 nitrogen and oxygen atoms in total. The van der Waals surface area contributed by atoms with Crippen LogP contribution in [0, 0.1) is 0 Å². The molecule has 480 valence electrons. The lowest BCUT2D eigenvalue weighted by atomic mass is 10.0. The molecule has 0 saturated heterocycles.